The minimum Gasteiger partial charge on any atom is -0.363 e. The van der Waals surface area contributed by atoms with Crippen LogP contribution >= 0.6 is 22.6 Å². The van der Waals surface area contributed by atoms with Gasteiger partial charge in [0.05, 0.1) is 6.54 Å². The molecule has 0 atom stereocenters. The van der Waals surface area contributed by atoms with Crippen LogP contribution in [0.15, 0.2) is 60.7 Å². The van der Waals surface area contributed by atoms with E-state index in [-0.39, 0.29) is 0 Å². The Bertz CT molecular complexity index is 895. The lowest BCUT2D eigenvalue weighted by Gasteiger charge is -2.19. The molecule has 24 heavy (non-hydrogen) atoms. The Kier molecular flexibility index (Phi) is 5.42. The van der Waals surface area contributed by atoms with Crippen LogP contribution in [0.1, 0.15) is 18.1 Å². The highest BCUT2D eigenvalue weighted by atomic mass is 127. The second-order valence-electron chi connectivity index (χ2n) is 5.82. The zero-order valence-electron chi connectivity index (χ0n) is 14.0. The zero-order valence-corrected chi connectivity index (χ0v) is 16.2. The van der Waals surface area contributed by atoms with Crippen LogP contribution in [0.25, 0.3) is 10.8 Å². The highest BCUT2D eigenvalue weighted by molar-refractivity contribution is 14.1. The molecule has 2 heteroatoms. The number of benzene rings is 3. The maximum atomic E-state index is 3.30. The SMILES string of the molecule is CCc1ccc(C#CCN(C)c2cccc3cccc(I)c23)cc1. The molecule has 3 rings (SSSR count). The summed E-state index contributed by atoms with van der Waals surface area (Å²) in [4.78, 5) is 2.22. The fourth-order valence-corrected chi connectivity index (χ4v) is 3.56. The molecule has 1 nitrogen and oxygen atoms in total. The minimum absolute atomic E-state index is 0.708. The van der Waals surface area contributed by atoms with E-state index in [1.165, 1.54) is 25.6 Å². The summed E-state index contributed by atoms with van der Waals surface area (Å²) < 4.78 is 1.27. The van der Waals surface area contributed by atoms with Gasteiger partial charge in [0.1, 0.15) is 0 Å². The molecular formula is C22H20IN. The topological polar surface area (TPSA) is 3.24 Å². The molecular weight excluding hydrogens is 405 g/mol. The van der Waals surface area contributed by atoms with Crippen LogP contribution in [-0.2, 0) is 6.42 Å². The van der Waals surface area contributed by atoms with Crippen LogP contribution in [0.5, 0.6) is 0 Å². The van der Waals surface area contributed by atoms with E-state index in [0.29, 0.717) is 6.54 Å². The van der Waals surface area contributed by atoms with Crippen LogP contribution in [0.2, 0.25) is 0 Å². The van der Waals surface area contributed by atoms with E-state index in [1.54, 1.807) is 0 Å². The molecule has 0 heterocycles. The van der Waals surface area contributed by atoms with Gasteiger partial charge in [-0.25, -0.2) is 0 Å². The monoisotopic (exact) mass is 425 g/mol. The summed E-state index contributed by atoms with van der Waals surface area (Å²) in [6.07, 6.45) is 1.07. The Hall–Kier alpha value is -1.99. The number of rotatable bonds is 3. The van der Waals surface area contributed by atoms with Crippen molar-refractivity contribution < 1.29 is 0 Å². The number of hydrogen-bond donors (Lipinski definition) is 0. The van der Waals surface area contributed by atoms with Crippen molar-refractivity contribution in [2.24, 2.45) is 0 Å². The molecule has 0 unspecified atom stereocenters. The Morgan fingerprint density at radius 2 is 1.67 bits per heavy atom. The largest absolute Gasteiger partial charge is 0.363 e. The lowest BCUT2D eigenvalue weighted by atomic mass is 10.1. The average molecular weight is 425 g/mol. The summed E-state index contributed by atoms with van der Waals surface area (Å²) in [6.45, 7) is 2.88. The molecule has 0 radical (unpaired) electrons. The molecule has 0 amide bonds. The normalized spacial score (nSPS) is 10.3. The summed E-state index contributed by atoms with van der Waals surface area (Å²) in [5.74, 6) is 6.56. The van der Waals surface area contributed by atoms with E-state index < -0.39 is 0 Å². The van der Waals surface area contributed by atoms with Crippen molar-refractivity contribution in [2.45, 2.75) is 13.3 Å². The van der Waals surface area contributed by atoms with Gasteiger partial charge in [0.15, 0.2) is 0 Å². The van der Waals surface area contributed by atoms with Crippen LogP contribution in [0.3, 0.4) is 0 Å². The lowest BCUT2D eigenvalue weighted by molar-refractivity contribution is 1.06. The second-order valence-corrected chi connectivity index (χ2v) is 6.99. The van der Waals surface area contributed by atoms with Gasteiger partial charge in [-0.2, -0.15) is 0 Å². The summed E-state index contributed by atoms with van der Waals surface area (Å²) in [5.41, 5.74) is 3.66. The van der Waals surface area contributed by atoms with E-state index in [0.717, 1.165) is 12.0 Å². The Balaban J connectivity index is 1.81. The van der Waals surface area contributed by atoms with Gasteiger partial charge in [-0.1, -0.05) is 55.2 Å². The molecule has 0 spiro atoms. The fourth-order valence-electron chi connectivity index (χ4n) is 2.76. The van der Waals surface area contributed by atoms with Crippen molar-refractivity contribution in [3.63, 3.8) is 0 Å². The van der Waals surface area contributed by atoms with E-state index in [9.17, 15) is 0 Å². The third-order valence-electron chi connectivity index (χ3n) is 4.15. The molecule has 0 fully saturated rings. The summed E-state index contributed by atoms with van der Waals surface area (Å²) in [7, 11) is 2.10. The first kappa shape index (κ1) is 16.9. The molecule has 0 aliphatic heterocycles. The number of halogens is 1. The minimum atomic E-state index is 0.708. The van der Waals surface area contributed by atoms with Crippen molar-refractivity contribution in [1.82, 2.24) is 0 Å². The quantitative estimate of drug-likeness (QED) is 0.396. The summed E-state index contributed by atoms with van der Waals surface area (Å²) in [6, 6.07) is 21.4. The highest BCUT2D eigenvalue weighted by Crippen LogP contribution is 2.30. The molecule has 0 N–H and O–H groups in total. The molecule has 0 saturated heterocycles. The van der Waals surface area contributed by atoms with Gasteiger partial charge in [0.25, 0.3) is 0 Å². The lowest BCUT2D eigenvalue weighted by Crippen LogP contribution is -2.17. The number of hydrogen-bond acceptors (Lipinski definition) is 1. The van der Waals surface area contributed by atoms with Gasteiger partial charge in [-0.15, -0.1) is 0 Å². The predicted octanol–water partition coefficient (Wildman–Crippen LogP) is 5.49. The van der Waals surface area contributed by atoms with Gasteiger partial charge >= 0.3 is 0 Å². The standard InChI is InChI=1S/C22H20IN/c1-3-17-12-14-18(15-13-17)7-6-16-24(2)21-11-5-9-19-8-4-10-20(23)22(19)21/h4-5,8-15H,3,16H2,1-2H3. The average Bonchev–Trinajstić information content (AvgIpc) is 2.62. The van der Waals surface area contributed by atoms with Crippen LogP contribution < -0.4 is 4.90 Å². The van der Waals surface area contributed by atoms with E-state index >= 15 is 0 Å². The van der Waals surface area contributed by atoms with Crippen LogP contribution in [0.4, 0.5) is 5.69 Å². The summed E-state index contributed by atoms with van der Waals surface area (Å²) >= 11 is 2.41. The second kappa shape index (κ2) is 7.72. The first-order valence-corrected chi connectivity index (χ1v) is 9.23. The maximum absolute atomic E-state index is 3.30. The predicted molar refractivity (Wildman–Crippen MR) is 113 cm³/mol. The molecule has 3 aromatic carbocycles. The molecule has 0 aliphatic carbocycles. The van der Waals surface area contributed by atoms with Gasteiger partial charge in [0.2, 0.25) is 0 Å². The first-order valence-electron chi connectivity index (χ1n) is 8.15. The van der Waals surface area contributed by atoms with Gasteiger partial charge in [0, 0.05) is 27.3 Å². The van der Waals surface area contributed by atoms with E-state index in [4.69, 9.17) is 0 Å². The van der Waals surface area contributed by atoms with Crippen LogP contribution in [-0.4, -0.2) is 13.6 Å². The fraction of sp³-hybridized carbons (Fsp3) is 0.182. The molecule has 0 bridgehead atoms. The zero-order chi connectivity index (χ0) is 16.9. The van der Waals surface area contributed by atoms with Crippen molar-refractivity contribution in [2.75, 3.05) is 18.5 Å². The van der Waals surface area contributed by atoms with Crippen LogP contribution in [0, 0.1) is 15.4 Å². The van der Waals surface area contributed by atoms with Crippen molar-refractivity contribution in [3.8, 4) is 11.8 Å². The number of aryl methyl sites for hydroxylation is 1. The molecule has 0 aromatic heterocycles. The van der Waals surface area contributed by atoms with Gasteiger partial charge < -0.3 is 4.90 Å². The molecule has 3 aromatic rings. The number of nitrogens with zero attached hydrogens (tertiary/aromatic N) is 1. The number of fused-ring (bicyclic) bond motifs is 1. The highest BCUT2D eigenvalue weighted by Gasteiger charge is 2.07. The Labute approximate surface area is 157 Å². The van der Waals surface area contributed by atoms with Crippen molar-refractivity contribution in [3.05, 3.63) is 75.4 Å². The first-order chi connectivity index (χ1) is 11.7. The third kappa shape index (κ3) is 3.73. The van der Waals surface area contributed by atoms with E-state index in [1.807, 2.05) is 0 Å². The molecule has 0 saturated carbocycles. The summed E-state index contributed by atoms with van der Waals surface area (Å²) in [5, 5.41) is 2.58. The molecule has 120 valence electrons. The van der Waals surface area contributed by atoms with Gasteiger partial charge in [-0.05, 0) is 64.2 Å². The van der Waals surface area contributed by atoms with Gasteiger partial charge in [-0.3, -0.25) is 0 Å². The number of anilines is 1. The third-order valence-corrected chi connectivity index (χ3v) is 5.05. The maximum Gasteiger partial charge on any atom is 0.0795 e. The van der Waals surface area contributed by atoms with Crippen molar-refractivity contribution in [1.29, 1.82) is 0 Å². The van der Waals surface area contributed by atoms with Crippen molar-refractivity contribution >= 4 is 39.1 Å². The van der Waals surface area contributed by atoms with E-state index in [2.05, 4.69) is 114 Å². The molecule has 0 aliphatic rings. The Morgan fingerprint density at radius 3 is 2.38 bits per heavy atom. The smallest absolute Gasteiger partial charge is 0.0795 e. The Morgan fingerprint density at radius 1 is 0.958 bits per heavy atom.